The number of hydrogen-bond donors (Lipinski definition) is 0. The average molecular weight is 554 g/mol. The number of Topliss-reactive ketones (excluding diaryl/α,β-unsaturated/α-hetero) is 1. The number of carbonyl (C=O) groups excluding carboxylic acids is 2. The van der Waals surface area contributed by atoms with Crippen molar-refractivity contribution in [2.75, 3.05) is 20.8 Å². The first-order valence-corrected chi connectivity index (χ1v) is 13.9. The van der Waals surface area contributed by atoms with Gasteiger partial charge in [0.2, 0.25) is 0 Å². The standard InChI is InChI=1S/C34H35NO6/c1-5-40-34(37)31-21(2)35-26-17-24(23-15-16-29(38-3)30(19-23)39-4)18-27(36)33(26)32(31)25-13-9-10-14-28(25)41-20-22-11-7-6-8-12-22/h6-16,19,24,31-32H,5,17-18,20H2,1-4H3/t24-,31?,32-/m1/s1. The Bertz CT molecular complexity index is 1490. The van der Waals surface area contributed by atoms with Crippen LogP contribution in [0.1, 0.15) is 55.2 Å². The highest BCUT2D eigenvalue weighted by molar-refractivity contribution is 6.09. The van der Waals surface area contributed by atoms with Crippen molar-refractivity contribution in [3.63, 3.8) is 0 Å². The van der Waals surface area contributed by atoms with Crippen LogP contribution in [0.3, 0.4) is 0 Å². The molecule has 1 aliphatic heterocycles. The second-order valence-corrected chi connectivity index (χ2v) is 10.3. The molecule has 2 aliphatic rings. The van der Waals surface area contributed by atoms with E-state index in [1.807, 2.05) is 79.7 Å². The van der Waals surface area contributed by atoms with Crippen LogP contribution < -0.4 is 14.2 Å². The number of methoxy groups -OCH3 is 2. The molecule has 41 heavy (non-hydrogen) atoms. The van der Waals surface area contributed by atoms with Gasteiger partial charge in [-0.1, -0.05) is 54.6 Å². The predicted molar refractivity (Wildman–Crippen MR) is 157 cm³/mol. The van der Waals surface area contributed by atoms with E-state index >= 15 is 0 Å². The predicted octanol–water partition coefficient (Wildman–Crippen LogP) is 6.42. The number of ketones is 1. The molecule has 0 saturated heterocycles. The van der Waals surface area contributed by atoms with Gasteiger partial charge in [-0.25, -0.2) is 0 Å². The van der Waals surface area contributed by atoms with Gasteiger partial charge in [-0.05, 0) is 55.5 Å². The number of allylic oxidation sites excluding steroid dienone is 2. The molecule has 0 fully saturated rings. The Labute approximate surface area is 240 Å². The molecule has 0 N–H and O–H groups in total. The van der Waals surface area contributed by atoms with Crippen LogP contribution in [0.25, 0.3) is 0 Å². The van der Waals surface area contributed by atoms with Crippen LogP contribution in [0.4, 0.5) is 0 Å². The van der Waals surface area contributed by atoms with Crippen molar-refractivity contribution in [2.45, 2.75) is 45.1 Å². The van der Waals surface area contributed by atoms with Gasteiger partial charge in [-0.3, -0.25) is 14.6 Å². The average Bonchev–Trinajstić information content (AvgIpc) is 2.99. The van der Waals surface area contributed by atoms with Crippen molar-refractivity contribution in [1.29, 1.82) is 0 Å². The monoisotopic (exact) mass is 553 g/mol. The molecule has 7 heteroatoms. The van der Waals surface area contributed by atoms with E-state index in [1.165, 1.54) is 0 Å². The summed E-state index contributed by atoms with van der Waals surface area (Å²) < 4.78 is 22.7. The van der Waals surface area contributed by atoms with Crippen LogP contribution in [-0.2, 0) is 20.9 Å². The Morgan fingerprint density at radius 3 is 2.37 bits per heavy atom. The Balaban J connectivity index is 1.56. The maximum Gasteiger partial charge on any atom is 0.315 e. The first-order valence-electron chi connectivity index (χ1n) is 13.9. The zero-order valence-electron chi connectivity index (χ0n) is 23.9. The van der Waals surface area contributed by atoms with Gasteiger partial charge in [-0.15, -0.1) is 0 Å². The number of ether oxygens (including phenoxy) is 4. The molecule has 0 bridgehead atoms. The summed E-state index contributed by atoms with van der Waals surface area (Å²) in [5.74, 6) is 0.0927. The van der Waals surface area contributed by atoms with E-state index in [4.69, 9.17) is 23.9 Å². The first-order chi connectivity index (χ1) is 19.9. The molecule has 0 radical (unpaired) electrons. The van der Waals surface area contributed by atoms with E-state index in [0.29, 0.717) is 53.7 Å². The third kappa shape index (κ3) is 5.75. The fourth-order valence-corrected chi connectivity index (χ4v) is 5.88. The van der Waals surface area contributed by atoms with Crippen LogP contribution >= 0.6 is 0 Å². The summed E-state index contributed by atoms with van der Waals surface area (Å²) in [7, 11) is 3.19. The fraction of sp³-hybridized carbons (Fsp3) is 0.324. The lowest BCUT2D eigenvalue weighted by molar-refractivity contribution is -0.146. The summed E-state index contributed by atoms with van der Waals surface area (Å²) >= 11 is 0. The quantitative estimate of drug-likeness (QED) is 0.284. The molecule has 7 nitrogen and oxygen atoms in total. The summed E-state index contributed by atoms with van der Waals surface area (Å²) in [4.78, 5) is 32.3. The van der Waals surface area contributed by atoms with Crippen molar-refractivity contribution in [3.05, 3.63) is 101 Å². The van der Waals surface area contributed by atoms with Crippen molar-refractivity contribution in [1.82, 2.24) is 0 Å². The third-order valence-electron chi connectivity index (χ3n) is 7.80. The molecule has 0 amide bonds. The number of benzene rings is 3. The second-order valence-electron chi connectivity index (χ2n) is 10.3. The highest BCUT2D eigenvalue weighted by Crippen LogP contribution is 2.49. The van der Waals surface area contributed by atoms with E-state index in [9.17, 15) is 9.59 Å². The molecule has 212 valence electrons. The lowest BCUT2D eigenvalue weighted by atomic mass is 9.69. The molecule has 0 saturated carbocycles. The number of carbonyl (C=O) groups is 2. The van der Waals surface area contributed by atoms with Gasteiger partial charge in [0.1, 0.15) is 18.3 Å². The molecular weight excluding hydrogens is 518 g/mol. The van der Waals surface area contributed by atoms with Gasteiger partial charge in [0.25, 0.3) is 0 Å². The Hall–Kier alpha value is -4.39. The van der Waals surface area contributed by atoms with E-state index in [-0.39, 0.29) is 18.3 Å². The number of nitrogens with zero attached hydrogens (tertiary/aromatic N) is 1. The van der Waals surface area contributed by atoms with Gasteiger partial charge in [0.15, 0.2) is 17.3 Å². The maximum absolute atomic E-state index is 14.0. The summed E-state index contributed by atoms with van der Waals surface area (Å²) in [5, 5.41) is 0. The van der Waals surface area contributed by atoms with Crippen LogP contribution in [0.5, 0.6) is 17.2 Å². The van der Waals surface area contributed by atoms with Crippen molar-refractivity contribution < 1.29 is 28.5 Å². The van der Waals surface area contributed by atoms with Gasteiger partial charge in [-0.2, -0.15) is 0 Å². The lowest BCUT2D eigenvalue weighted by Gasteiger charge is -2.37. The number of para-hydroxylation sites is 1. The smallest absolute Gasteiger partial charge is 0.315 e. The number of aliphatic imine (C=N–C) groups is 1. The first kappa shape index (κ1) is 28.1. The molecule has 1 aliphatic carbocycles. The minimum absolute atomic E-state index is 0.0283. The molecule has 3 aromatic rings. The minimum atomic E-state index is -0.725. The van der Waals surface area contributed by atoms with Crippen LogP contribution in [0.15, 0.2) is 89.1 Å². The summed E-state index contributed by atoms with van der Waals surface area (Å²) in [6.45, 7) is 4.23. The lowest BCUT2D eigenvalue weighted by Crippen LogP contribution is -2.38. The van der Waals surface area contributed by atoms with E-state index in [0.717, 1.165) is 16.7 Å². The largest absolute Gasteiger partial charge is 0.493 e. The molecule has 1 unspecified atom stereocenters. The SMILES string of the molecule is CCOC(=O)C1C(C)=NC2=C(C(=O)C[C@H](c3ccc(OC)c(OC)c3)C2)[C@@H]1c1ccccc1OCc1ccccc1. The van der Waals surface area contributed by atoms with Crippen LogP contribution in [0.2, 0.25) is 0 Å². The number of hydrogen-bond acceptors (Lipinski definition) is 7. The maximum atomic E-state index is 14.0. The van der Waals surface area contributed by atoms with Crippen molar-refractivity contribution in [2.24, 2.45) is 10.9 Å². The molecular formula is C34H35NO6. The van der Waals surface area contributed by atoms with Crippen molar-refractivity contribution in [3.8, 4) is 17.2 Å². The molecule has 3 aromatic carbocycles. The molecule has 0 aromatic heterocycles. The van der Waals surface area contributed by atoms with E-state index in [1.54, 1.807) is 21.1 Å². The molecule has 1 heterocycles. The zero-order valence-corrected chi connectivity index (χ0v) is 23.9. The fourth-order valence-electron chi connectivity index (χ4n) is 5.88. The Kier molecular flexibility index (Phi) is 8.53. The van der Waals surface area contributed by atoms with Crippen LogP contribution in [-0.4, -0.2) is 38.3 Å². The van der Waals surface area contributed by atoms with E-state index in [2.05, 4.69) is 0 Å². The summed E-state index contributed by atoms with van der Waals surface area (Å²) in [6.07, 6.45) is 0.856. The highest BCUT2D eigenvalue weighted by atomic mass is 16.5. The third-order valence-corrected chi connectivity index (χ3v) is 7.80. The summed E-state index contributed by atoms with van der Waals surface area (Å²) in [5.41, 5.74) is 4.69. The molecule has 5 rings (SSSR count). The number of esters is 1. The Morgan fingerprint density at radius 2 is 1.63 bits per heavy atom. The van der Waals surface area contributed by atoms with Crippen LogP contribution in [0, 0.1) is 5.92 Å². The summed E-state index contributed by atoms with van der Waals surface area (Å²) in [6, 6.07) is 23.3. The molecule has 0 spiro atoms. The highest BCUT2D eigenvalue weighted by Gasteiger charge is 2.45. The topological polar surface area (TPSA) is 83.4 Å². The van der Waals surface area contributed by atoms with Gasteiger partial charge in [0.05, 0.1) is 20.8 Å². The number of rotatable bonds is 9. The second kappa shape index (κ2) is 12.4. The van der Waals surface area contributed by atoms with Gasteiger partial charge < -0.3 is 18.9 Å². The normalized spacial score (nSPS) is 20.1. The van der Waals surface area contributed by atoms with Gasteiger partial charge >= 0.3 is 5.97 Å². The Morgan fingerprint density at radius 1 is 0.902 bits per heavy atom. The van der Waals surface area contributed by atoms with Gasteiger partial charge in [0, 0.05) is 34.9 Å². The zero-order chi connectivity index (χ0) is 28.9. The van der Waals surface area contributed by atoms with E-state index < -0.39 is 17.8 Å². The minimum Gasteiger partial charge on any atom is -0.493 e. The molecule has 3 atom stereocenters. The van der Waals surface area contributed by atoms with Crippen molar-refractivity contribution >= 4 is 17.5 Å².